The van der Waals surface area contributed by atoms with Gasteiger partial charge >= 0.3 is 11.8 Å². The van der Waals surface area contributed by atoms with E-state index >= 15 is 0 Å². The Kier molecular flexibility index (Phi) is 6.83. The van der Waals surface area contributed by atoms with Crippen molar-refractivity contribution < 1.29 is 19.1 Å². The predicted molar refractivity (Wildman–Crippen MR) is 108 cm³/mol. The summed E-state index contributed by atoms with van der Waals surface area (Å²) in [5, 5.41) is 5.30. The lowest BCUT2D eigenvalue weighted by Crippen LogP contribution is -2.42. The van der Waals surface area contributed by atoms with Gasteiger partial charge in [0.05, 0.1) is 26.1 Å². The standard InChI is InChI=1S/C20H25N5O4/c1-28-15-3-4-17(29-2)16(11-15)24-20(27)19(26)23-12-14-5-9-25(10-6-14)18-13-21-7-8-22-18/h3-4,7-8,11,13-14H,5-6,9-10,12H2,1-2H3,(H,23,26)(H,24,27). The molecule has 29 heavy (non-hydrogen) atoms. The van der Waals surface area contributed by atoms with Crippen LogP contribution < -0.4 is 25.0 Å². The van der Waals surface area contributed by atoms with Gasteiger partial charge in [0.2, 0.25) is 0 Å². The lowest BCUT2D eigenvalue weighted by Gasteiger charge is -2.32. The van der Waals surface area contributed by atoms with Crippen LogP contribution in [-0.2, 0) is 9.59 Å². The van der Waals surface area contributed by atoms with E-state index in [1.165, 1.54) is 14.2 Å². The van der Waals surface area contributed by atoms with Crippen molar-refractivity contribution in [1.82, 2.24) is 15.3 Å². The van der Waals surface area contributed by atoms with Gasteiger partial charge in [-0.15, -0.1) is 0 Å². The average Bonchev–Trinajstić information content (AvgIpc) is 2.78. The average molecular weight is 399 g/mol. The fourth-order valence-corrected chi connectivity index (χ4v) is 3.23. The van der Waals surface area contributed by atoms with Crippen LogP contribution in [0.15, 0.2) is 36.8 Å². The Bertz CT molecular complexity index is 838. The molecule has 1 saturated heterocycles. The van der Waals surface area contributed by atoms with E-state index in [1.807, 2.05) is 0 Å². The van der Waals surface area contributed by atoms with Crippen LogP contribution in [0.1, 0.15) is 12.8 Å². The molecule has 2 N–H and O–H groups in total. The van der Waals surface area contributed by atoms with Gasteiger partial charge in [0.25, 0.3) is 0 Å². The molecule has 0 aliphatic carbocycles. The van der Waals surface area contributed by atoms with Crippen molar-refractivity contribution in [1.29, 1.82) is 0 Å². The first-order valence-electron chi connectivity index (χ1n) is 9.43. The van der Waals surface area contributed by atoms with Crippen molar-refractivity contribution in [3.63, 3.8) is 0 Å². The maximum atomic E-state index is 12.2. The van der Waals surface area contributed by atoms with Crippen molar-refractivity contribution in [2.24, 2.45) is 5.92 Å². The van der Waals surface area contributed by atoms with Gasteiger partial charge in [-0.2, -0.15) is 0 Å². The molecule has 0 unspecified atom stereocenters. The molecule has 154 valence electrons. The fourth-order valence-electron chi connectivity index (χ4n) is 3.23. The van der Waals surface area contributed by atoms with Crippen molar-refractivity contribution in [3.8, 4) is 11.5 Å². The van der Waals surface area contributed by atoms with E-state index in [9.17, 15) is 9.59 Å². The number of anilines is 2. The number of piperidine rings is 1. The smallest absolute Gasteiger partial charge is 0.313 e. The first kappa shape index (κ1) is 20.4. The molecule has 3 rings (SSSR count). The van der Waals surface area contributed by atoms with Crippen LogP contribution in [-0.4, -0.2) is 55.6 Å². The minimum Gasteiger partial charge on any atom is -0.497 e. The summed E-state index contributed by atoms with van der Waals surface area (Å²) >= 11 is 0. The molecule has 1 aliphatic heterocycles. The Morgan fingerprint density at radius 3 is 2.59 bits per heavy atom. The first-order chi connectivity index (χ1) is 14.1. The largest absolute Gasteiger partial charge is 0.497 e. The van der Waals surface area contributed by atoms with Gasteiger partial charge in [0.1, 0.15) is 17.3 Å². The molecule has 1 aromatic carbocycles. The molecule has 2 amide bonds. The fraction of sp³-hybridized carbons (Fsp3) is 0.400. The Labute approximate surface area is 169 Å². The second-order valence-electron chi connectivity index (χ2n) is 6.72. The molecular formula is C20H25N5O4. The summed E-state index contributed by atoms with van der Waals surface area (Å²) in [4.78, 5) is 35.0. The number of carbonyl (C=O) groups is 2. The second-order valence-corrected chi connectivity index (χ2v) is 6.72. The molecule has 9 heteroatoms. The van der Waals surface area contributed by atoms with Crippen molar-refractivity contribution in [2.45, 2.75) is 12.8 Å². The molecule has 0 atom stereocenters. The highest BCUT2D eigenvalue weighted by atomic mass is 16.5. The molecule has 0 bridgehead atoms. The second kappa shape index (κ2) is 9.72. The number of aromatic nitrogens is 2. The van der Waals surface area contributed by atoms with Gasteiger partial charge < -0.3 is 25.0 Å². The molecule has 2 heterocycles. The maximum absolute atomic E-state index is 12.2. The van der Waals surface area contributed by atoms with Crippen LogP contribution in [0.5, 0.6) is 11.5 Å². The summed E-state index contributed by atoms with van der Waals surface area (Å²) in [6.07, 6.45) is 6.89. The molecule has 1 aromatic heterocycles. The molecule has 0 spiro atoms. The molecule has 1 fully saturated rings. The molecule has 0 saturated carbocycles. The van der Waals surface area contributed by atoms with E-state index in [4.69, 9.17) is 9.47 Å². The Balaban J connectivity index is 1.47. The third-order valence-electron chi connectivity index (χ3n) is 4.90. The summed E-state index contributed by atoms with van der Waals surface area (Å²) in [6, 6.07) is 4.98. The Hall–Kier alpha value is -3.36. The summed E-state index contributed by atoms with van der Waals surface area (Å²) in [7, 11) is 3.01. The Morgan fingerprint density at radius 2 is 1.93 bits per heavy atom. The van der Waals surface area contributed by atoms with Gasteiger partial charge in [0, 0.05) is 38.1 Å². The van der Waals surface area contributed by atoms with E-state index in [0.29, 0.717) is 29.6 Å². The van der Waals surface area contributed by atoms with Crippen LogP contribution in [0, 0.1) is 5.92 Å². The number of carbonyl (C=O) groups excluding carboxylic acids is 2. The van der Waals surface area contributed by atoms with Crippen LogP contribution >= 0.6 is 0 Å². The predicted octanol–water partition coefficient (Wildman–Crippen LogP) is 1.47. The highest BCUT2D eigenvalue weighted by molar-refractivity contribution is 6.39. The summed E-state index contributed by atoms with van der Waals surface area (Å²) < 4.78 is 10.4. The number of hydrogen-bond donors (Lipinski definition) is 2. The minimum atomic E-state index is -0.742. The van der Waals surface area contributed by atoms with Crippen LogP contribution in [0.25, 0.3) is 0 Å². The zero-order valence-corrected chi connectivity index (χ0v) is 16.6. The number of methoxy groups -OCH3 is 2. The number of nitrogens with zero attached hydrogens (tertiary/aromatic N) is 3. The van der Waals surface area contributed by atoms with Gasteiger partial charge in [-0.25, -0.2) is 4.98 Å². The van der Waals surface area contributed by atoms with E-state index in [-0.39, 0.29) is 0 Å². The van der Waals surface area contributed by atoms with Crippen molar-refractivity contribution in [2.75, 3.05) is 44.1 Å². The van der Waals surface area contributed by atoms with Crippen LogP contribution in [0.4, 0.5) is 11.5 Å². The highest BCUT2D eigenvalue weighted by Crippen LogP contribution is 2.28. The zero-order chi connectivity index (χ0) is 20.6. The third-order valence-corrected chi connectivity index (χ3v) is 4.90. The number of nitrogens with one attached hydrogen (secondary N) is 2. The minimum absolute atomic E-state index is 0.311. The highest BCUT2D eigenvalue weighted by Gasteiger charge is 2.22. The number of rotatable bonds is 6. The number of ether oxygens (including phenoxy) is 2. The Morgan fingerprint density at radius 1 is 1.14 bits per heavy atom. The molecule has 9 nitrogen and oxygen atoms in total. The summed E-state index contributed by atoms with van der Waals surface area (Å²) in [5.74, 6) is 0.757. The van der Waals surface area contributed by atoms with Crippen molar-refractivity contribution in [3.05, 3.63) is 36.8 Å². The van der Waals surface area contributed by atoms with Gasteiger partial charge in [-0.1, -0.05) is 0 Å². The summed E-state index contributed by atoms with van der Waals surface area (Å²) in [5.41, 5.74) is 0.379. The monoisotopic (exact) mass is 399 g/mol. The summed E-state index contributed by atoms with van der Waals surface area (Å²) in [6.45, 7) is 2.13. The zero-order valence-electron chi connectivity index (χ0n) is 16.6. The molecule has 2 aromatic rings. The first-order valence-corrected chi connectivity index (χ1v) is 9.43. The lowest BCUT2D eigenvalue weighted by molar-refractivity contribution is -0.136. The number of hydrogen-bond acceptors (Lipinski definition) is 7. The van der Waals surface area contributed by atoms with Gasteiger partial charge in [-0.3, -0.25) is 14.6 Å². The third kappa shape index (κ3) is 5.34. The SMILES string of the molecule is COc1ccc(OC)c(NC(=O)C(=O)NCC2CCN(c3cnccn3)CC2)c1. The van der Waals surface area contributed by atoms with Crippen molar-refractivity contribution >= 4 is 23.3 Å². The van der Waals surface area contributed by atoms with E-state index in [1.54, 1.807) is 36.8 Å². The molecular weight excluding hydrogens is 374 g/mol. The van der Waals surface area contributed by atoms with E-state index in [0.717, 1.165) is 31.7 Å². The topological polar surface area (TPSA) is 106 Å². The number of amides is 2. The lowest BCUT2D eigenvalue weighted by atomic mass is 9.97. The van der Waals surface area contributed by atoms with Gasteiger partial charge in [0.15, 0.2) is 0 Å². The van der Waals surface area contributed by atoms with E-state index < -0.39 is 11.8 Å². The van der Waals surface area contributed by atoms with Gasteiger partial charge in [-0.05, 0) is 30.9 Å². The molecule has 0 radical (unpaired) electrons. The van der Waals surface area contributed by atoms with Crippen LogP contribution in [0.2, 0.25) is 0 Å². The van der Waals surface area contributed by atoms with Crippen LogP contribution in [0.3, 0.4) is 0 Å². The molecule has 1 aliphatic rings. The van der Waals surface area contributed by atoms with E-state index in [2.05, 4.69) is 25.5 Å². The number of benzene rings is 1. The normalized spacial score (nSPS) is 14.2. The quantitative estimate of drug-likeness (QED) is 0.709. The maximum Gasteiger partial charge on any atom is 0.313 e.